The summed E-state index contributed by atoms with van der Waals surface area (Å²) in [5.41, 5.74) is 3.20. The van der Waals surface area contributed by atoms with Crippen molar-refractivity contribution in [2.45, 2.75) is 104 Å². The molecular weight excluding hydrogens is 892 g/mol. The minimum absolute atomic E-state index is 0. The van der Waals surface area contributed by atoms with E-state index in [4.69, 9.17) is 32.7 Å². The van der Waals surface area contributed by atoms with Crippen LogP contribution in [0.25, 0.3) is 0 Å². The zero-order chi connectivity index (χ0) is 47.0. The van der Waals surface area contributed by atoms with E-state index < -0.39 is 18.0 Å². The van der Waals surface area contributed by atoms with E-state index in [0.29, 0.717) is 58.1 Å². The van der Waals surface area contributed by atoms with Crippen molar-refractivity contribution in [1.82, 2.24) is 31.1 Å². The van der Waals surface area contributed by atoms with Crippen molar-refractivity contribution in [3.63, 3.8) is 0 Å². The number of nitrogens with one attached hydrogen (secondary N) is 4. The van der Waals surface area contributed by atoms with Crippen LogP contribution in [-0.2, 0) is 14.4 Å². The summed E-state index contributed by atoms with van der Waals surface area (Å²) in [5.74, 6) is 0.313. The van der Waals surface area contributed by atoms with Crippen molar-refractivity contribution < 1.29 is 33.4 Å². The van der Waals surface area contributed by atoms with E-state index in [1.165, 1.54) is 18.7 Å². The van der Waals surface area contributed by atoms with Gasteiger partial charge in [-0.2, -0.15) is 0 Å². The van der Waals surface area contributed by atoms with Gasteiger partial charge in [0.1, 0.15) is 23.6 Å². The van der Waals surface area contributed by atoms with Crippen molar-refractivity contribution in [1.29, 1.82) is 0 Å². The molecule has 5 amide bonds. The largest absolute Gasteiger partial charge is 0.489 e. The number of likely N-dealkylation sites (tertiary alicyclic amines) is 2. The molecule has 6 rings (SSSR count). The molecule has 2 fully saturated rings. The fourth-order valence-electron chi connectivity index (χ4n) is 7.94. The van der Waals surface area contributed by atoms with Crippen LogP contribution in [0.4, 0.5) is 0 Å². The summed E-state index contributed by atoms with van der Waals surface area (Å²) in [6.07, 6.45) is 3.18. The van der Waals surface area contributed by atoms with E-state index in [1.807, 2.05) is 64.1 Å². The number of amides is 5. The summed E-state index contributed by atoms with van der Waals surface area (Å²) in [7, 11) is 3.08. The molecule has 0 spiro atoms. The number of ether oxygens (including phenoxy) is 2. The minimum atomic E-state index is -0.884. The van der Waals surface area contributed by atoms with E-state index in [1.54, 1.807) is 42.3 Å². The third-order valence-corrected chi connectivity index (χ3v) is 11.9. The number of piperidine rings is 2. The highest BCUT2D eigenvalue weighted by Crippen LogP contribution is 2.31. The highest BCUT2D eigenvalue weighted by molar-refractivity contribution is 6.32. The number of carbonyl (C=O) groups excluding carboxylic acids is 5. The summed E-state index contributed by atoms with van der Waals surface area (Å²) < 4.78 is 11.2. The van der Waals surface area contributed by atoms with Crippen molar-refractivity contribution in [2.75, 3.05) is 46.8 Å². The third-order valence-electron chi connectivity index (χ3n) is 11.3. The molecule has 3 atom stereocenters. The van der Waals surface area contributed by atoms with Crippen LogP contribution in [-0.4, -0.2) is 110 Å². The van der Waals surface area contributed by atoms with E-state index in [0.717, 1.165) is 37.9 Å². The Bertz CT molecular complexity index is 2220. The first-order valence-corrected chi connectivity index (χ1v) is 23.0. The Kier molecular flexibility index (Phi) is 22.7. The quantitative estimate of drug-likeness (QED) is 0.0871. The van der Waals surface area contributed by atoms with Crippen LogP contribution < -0.4 is 30.7 Å². The zero-order valence-corrected chi connectivity index (χ0v) is 39.6. The Labute approximate surface area is 407 Å². The van der Waals surface area contributed by atoms with Crippen LogP contribution in [0.15, 0.2) is 97.1 Å². The van der Waals surface area contributed by atoms with Crippen molar-refractivity contribution >= 4 is 52.7 Å². The molecule has 2 saturated heterocycles. The van der Waals surface area contributed by atoms with Gasteiger partial charge in [-0.15, -0.1) is 0 Å². The lowest BCUT2D eigenvalue weighted by atomic mass is 9.89. The van der Waals surface area contributed by atoms with Gasteiger partial charge < -0.3 is 40.5 Å². The molecule has 15 heteroatoms. The monoisotopic (exact) mass is 960 g/mol. The maximum absolute atomic E-state index is 12.8. The zero-order valence-electron chi connectivity index (χ0n) is 38.1. The first-order chi connectivity index (χ1) is 31.1. The van der Waals surface area contributed by atoms with Gasteiger partial charge in [0, 0.05) is 51.3 Å². The second-order valence-electron chi connectivity index (χ2n) is 16.8. The van der Waals surface area contributed by atoms with Gasteiger partial charge in [0.2, 0.25) is 17.7 Å². The summed E-state index contributed by atoms with van der Waals surface area (Å²) in [6, 6.07) is 28.6. The van der Waals surface area contributed by atoms with Gasteiger partial charge in [0.25, 0.3) is 11.8 Å². The van der Waals surface area contributed by atoms with Crippen molar-refractivity contribution in [3.8, 4) is 11.5 Å². The molecule has 2 aliphatic heterocycles. The van der Waals surface area contributed by atoms with Crippen LogP contribution in [0, 0.1) is 0 Å². The van der Waals surface area contributed by atoms with Gasteiger partial charge >= 0.3 is 0 Å². The van der Waals surface area contributed by atoms with Crippen LogP contribution in [0.1, 0.15) is 112 Å². The molecule has 0 radical (unpaired) electrons. The topological polar surface area (TPSA) is 158 Å². The molecule has 364 valence electrons. The fourth-order valence-corrected chi connectivity index (χ4v) is 8.39. The van der Waals surface area contributed by atoms with E-state index >= 15 is 0 Å². The first-order valence-electron chi connectivity index (χ1n) is 22.2. The molecule has 0 saturated carbocycles. The molecule has 0 aromatic heterocycles. The molecule has 0 bridgehead atoms. The number of benzene rings is 4. The molecular formula is C52H70Cl2N6O7. The van der Waals surface area contributed by atoms with Crippen LogP contribution >= 0.6 is 23.2 Å². The molecule has 2 heterocycles. The lowest BCUT2D eigenvalue weighted by Gasteiger charge is -2.34. The molecule has 4 aromatic carbocycles. The Balaban J connectivity index is 0.000000345. The number of likely N-dealkylation sites (N-methyl/N-ethyl adjacent to an activating group) is 2. The van der Waals surface area contributed by atoms with Gasteiger partial charge in [-0.25, -0.2) is 0 Å². The Hall–Kier alpha value is -5.63. The predicted molar refractivity (Wildman–Crippen MR) is 268 cm³/mol. The minimum Gasteiger partial charge on any atom is -0.489 e. The van der Waals surface area contributed by atoms with Crippen molar-refractivity contribution in [3.05, 3.63) is 129 Å². The number of hydrogen-bond donors (Lipinski definition) is 4. The maximum Gasteiger partial charge on any atom is 0.252 e. The van der Waals surface area contributed by atoms with E-state index in [2.05, 4.69) is 50.4 Å². The lowest BCUT2D eigenvalue weighted by molar-refractivity contribution is -0.135. The molecule has 0 aliphatic carbocycles. The standard InChI is InChI=1S/C25H30ClN3O4.C25H32ClN3O3.2CH4/c1-16(2)33-22-10-9-19(13-20(22)26)24(31)28-21(25(32)27-3)15-29-12-11-18(14-23(29)30)17-7-5-4-6-8-17;1-17(2)32-23-10-9-20(15-21(23)26)24(30)28-22(25(31)27-3)16-29-13-11-19(12-14-29)18-7-5-4-6-8-18;;/h4-10,13,16,18,21H,11-12,14-15H2,1-3H3,(H,27,32)(H,28,31);4-10,15,17,19,22H,11-14,16H2,1-3H3,(H,27,31)(H,28,30);2*1H4/t18?,21-;22-;;/m00../s1. The Morgan fingerprint density at radius 1 is 0.612 bits per heavy atom. The summed E-state index contributed by atoms with van der Waals surface area (Å²) >= 11 is 12.5. The third kappa shape index (κ3) is 16.6. The second kappa shape index (κ2) is 27.2. The average Bonchev–Trinajstić information content (AvgIpc) is 3.30. The van der Waals surface area contributed by atoms with Gasteiger partial charge in [-0.05, 0) is 119 Å². The normalized spacial score (nSPS) is 15.9. The summed E-state index contributed by atoms with van der Waals surface area (Å²) in [6.45, 7) is 10.5. The van der Waals surface area contributed by atoms with Crippen LogP contribution in [0.5, 0.6) is 11.5 Å². The fraction of sp³-hybridized carbons (Fsp3) is 0.442. The highest BCUT2D eigenvalue weighted by atomic mass is 35.5. The van der Waals surface area contributed by atoms with Gasteiger partial charge in [-0.3, -0.25) is 24.0 Å². The average molecular weight is 962 g/mol. The second-order valence-corrected chi connectivity index (χ2v) is 17.6. The van der Waals surface area contributed by atoms with Crippen LogP contribution in [0.2, 0.25) is 10.0 Å². The maximum atomic E-state index is 12.8. The summed E-state index contributed by atoms with van der Waals surface area (Å²) in [5, 5.41) is 11.5. The first kappa shape index (κ1) is 55.7. The Morgan fingerprint density at radius 3 is 1.43 bits per heavy atom. The Morgan fingerprint density at radius 2 is 1.03 bits per heavy atom. The number of carbonyl (C=O) groups is 5. The van der Waals surface area contributed by atoms with Crippen LogP contribution in [0.3, 0.4) is 0 Å². The predicted octanol–water partition coefficient (Wildman–Crippen LogP) is 8.50. The number of hydrogen-bond acceptors (Lipinski definition) is 8. The van der Waals surface area contributed by atoms with Gasteiger partial charge in [-0.1, -0.05) is 98.7 Å². The molecule has 4 aromatic rings. The molecule has 4 N–H and O–H groups in total. The van der Waals surface area contributed by atoms with Gasteiger partial charge in [0.05, 0.1) is 22.3 Å². The molecule has 67 heavy (non-hydrogen) atoms. The smallest absolute Gasteiger partial charge is 0.252 e. The number of rotatable bonds is 16. The molecule has 1 unspecified atom stereocenters. The SMILES string of the molecule is C.C.CNC(=O)[C@H](CN1CCC(c2ccccc2)CC1)NC(=O)c1ccc(OC(C)C)c(Cl)c1.CNC(=O)[C@H](CN1CCC(c2ccccc2)CC1=O)NC(=O)c1ccc(OC(C)C)c(Cl)c1. The highest BCUT2D eigenvalue weighted by Gasteiger charge is 2.32. The van der Waals surface area contributed by atoms with E-state index in [-0.39, 0.29) is 63.2 Å². The van der Waals surface area contributed by atoms with Crippen molar-refractivity contribution in [2.24, 2.45) is 0 Å². The summed E-state index contributed by atoms with van der Waals surface area (Å²) in [4.78, 5) is 67.3. The molecule has 13 nitrogen and oxygen atoms in total. The number of halogens is 2. The van der Waals surface area contributed by atoms with E-state index in [9.17, 15) is 24.0 Å². The number of nitrogens with zero attached hydrogens (tertiary/aromatic N) is 2. The van der Waals surface area contributed by atoms with Gasteiger partial charge in [0.15, 0.2) is 0 Å². The lowest BCUT2D eigenvalue weighted by Crippen LogP contribution is -2.54. The molecule has 2 aliphatic rings.